The number of aliphatic hydroxyl groups is 1. The standard InChI is InChI=1S/C15H22F2O/c1-3-5-6-11(4-2)9-15(18)12-7-8-13(16)14(17)10-12/h7-8,10-11,15,18H,3-6,9H2,1-2H3. The first-order valence-electron chi connectivity index (χ1n) is 6.71. The molecule has 0 heterocycles. The lowest BCUT2D eigenvalue weighted by Crippen LogP contribution is -2.07. The van der Waals surface area contributed by atoms with Crippen molar-refractivity contribution in [3.8, 4) is 0 Å². The molecule has 1 rings (SSSR count). The van der Waals surface area contributed by atoms with E-state index < -0.39 is 17.7 Å². The van der Waals surface area contributed by atoms with Gasteiger partial charge >= 0.3 is 0 Å². The molecule has 1 N–H and O–H groups in total. The Bertz CT molecular complexity index is 366. The van der Waals surface area contributed by atoms with Gasteiger partial charge in [0.1, 0.15) is 0 Å². The molecule has 2 atom stereocenters. The van der Waals surface area contributed by atoms with E-state index in [1.54, 1.807) is 0 Å². The molecule has 18 heavy (non-hydrogen) atoms. The van der Waals surface area contributed by atoms with E-state index in [1.807, 2.05) is 0 Å². The van der Waals surface area contributed by atoms with E-state index in [0.29, 0.717) is 17.9 Å². The molecule has 1 nitrogen and oxygen atoms in total. The van der Waals surface area contributed by atoms with Crippen LogP contribution in [0.3, 0.4) is 0 Å². The predicted molar refractivity (Wildman–Crippen MR) is 69.2 cm³/mol. The molecule has 0 saturated carbocycles. The van der Waals surface area contributed by atoms with Gasteiger partial charge in [-0.15, -0.1) is 0 Å². The number of hydrogen-bond acceptors (Lipinski definition) is 1. The minimum atomic E-state index is -0.895. The first kappa shape index (κ1) is 15.1. The quantitative estimate of drug-likeness (QED) is 0.755. The molecule has 0 aliphatic heterocycles. The second-order valence-electron chi connectivity index (χ2n) is 4.84. The van der Waals surface area contributed by atoms with Crippen molar-refractivity contribution in [3.63, 3.8) is 0 Å². The molecule has 1 aromatic rings. The summed E-state index contributed by atoms with van der Waals surface area (Å²) in [7, 11) is 0. The Hall–Kier alpha value is -0.960. The van der Waals surface area contributed by atoms with Crippen LogP contribution in [0.1, 0.15) is 57.6 Å². The lowest BCUT2D eigenvalue weighted by Gasteiger charge is -2.19. The van der Waals surface area contributed by atoms with Gasteiger partial charge in [-0.25, -0.2) is 8.78 Å². The summed E-state index contributed by atoms with van der Waals surface area (Å²) in [5.74, 6) is -1.33. The zero-order valence-electron chi connectivity index (χ0n) is 11.1. The molecular formula is C15H22F2O. The Balaban J connectivity index is 2.62. The van der Waals surface area contributed by atoms with Crippen LogP contribution in [0, 0.1) is 17.6 Å². The number of unbranched alkanes of at least 4 members (excludes halogenated alkanes) is 1. The van der Waals surface area contributed by atoms with E-state index in [1.165, 1.54) is 6.07 Å². The predicted octanol–water partition coefficient (Wildman–Crippen LogP) is 4.60. The number of halogens is 2. The minimum Gasteiger partial charge on any atom is -0.388 e. The van der Waals surface area contributed by atoms with E-state index in [2.05, 4.69) is 13.8 Å². The van der Waals surface area contributed by atoms with Crippen molar-refractivity contribution in [1.29, 1.82) is 0 Å². The summed E-state index contributed by atoms with van der Waals surface area (Å²) in [6.07, 6.45) is 4.26. The van der Waals surface area contributed by atoms with Crippen LogP contribution in [0.2, 0.25) is 0 Å². The Morgan fingerprint density at radius 1 is 1.17 bits per heavy atom. The molecule has 0 saturated heterocycles. The van der Waals surface area contributed by atoms with Crippen LogP contribution in [0.5, 0.6) is 0 Å². The summed E-state index contributed by atoms with van der Waals surface area (Å²) in [6.45, 7) is 4.23. The van der Waals surface area contributed by atoms with Crippen molar-refractivity contribution < 1.29 is 13.9 Å². The van der Waals surface area contributed by atoms with Crippen LogP contribution in [-0.4, -0.2) is 5.11 Å². The maximum atomic E-state index is 13.1. The van der Waals surface area contributed by atoms with E-state index in [-0.39, 0.29) is 0 Å². The molecule has 0 aromatic heterocycles. The maximum Gasteiger partial charge on any atom is 0.159 e. The van der Waals surface area contributed by atoms with Gasteiger partial charge in [-0.2, -0.15) is 0 Å². The molecule has 0 amide bonds. The highest BCUT2D eigenvalue weighted by atomic mass is 19.2. The van der Waals surface area contributed by atoms with Crippen LogP contribution < -0.4 is 0 Å². The van der Waals surface area contributed by atoms with Crippen molar-refractivity contribution in [3.05, 3.63) is 35.4 Å². The maximum absolute atomic E-state index is 13.1. The van der Waals surface area contributed by atoms with Gasteiger partial charge in [0.05, 0.1) is 6.10 Å². The Morgan fingerprint density at radius 2 is 1.89 bits per heavy atom. The van der Waals surface area contributed by atoms with Crippen LogP contribution >= 0.6 is 0 Å². The van der Waals surface area contributed by atoms with E-state index in [9.17, 15) is 13.9 Å². The SMILES string of the molecule is CCCCC(CC)CC(O)c1ccc(F)c(F)c1. The molecular weight excluding hydrogens is 234 g/mol. The highest BCUT2D eigenvalue weighted by molar-refractivity contribution is 5.20. The first-order valence-corrected chi connectivity index (χ1v) is 6.71. The zero-order valence-corrected chi connectivity index (χ0v) is 11.1. The molecule has 0 spiro atoms. The number of benzene rings is 1. The average Bonchev–Trinajstić information content (AvgIpc) is 2.37. The van der Waals surface area contributed by atoms with Crippen molar-refractivity contribution in [2.45, 2.75) is 52.1 Å². The Kier molecular flexibility index (Phi) is 6.27. The number of rotatable bonds is 7. The van der Waals surface area contributed by atoms with Crippen LogP contribution in [0.4, 0.5) is 8.78 Å². The summed E-state index contributed by atoms with van der Waals surface area (Å²) in [6, 6.07) is 3.61. The molecule has 2 unspecified atom stereocenters. The van der Waals surface area contributed by atoms with Crippen molar-refractivity contribution >= 4 is 0 Å². The van der Waals surface area contributed by atoms with Gasteiger partial charge in [0, 0.05) is 0 Å². The van der Waals surface area contributed by atoms with Crippen LogP contribution in [-0.2, 0) is 0 Å². The van der Waals surface area contributed by atoms with Gasteiger partial charge in [-0.05, 0) is 30.0 Å². The summed E-state index contributed by atoms with van der Waals surface area (Å²) in [5.41, 5.74) is 0.462. The zero-order chi connectivity index (χ0) is 13.5. The molecule has 0 aliphatic rings. The summed E-state index contributed by atoms with van der Waals surface area (Å²) < 4.78 is 25.9. The third kappa shape index (κ3) is 4.37. The second-order valence-corrected chi connectivity index (χ2v) is 4.84. The second kappa shape index (κ2) is 7.47. The van der Waals surface area contributed by atoms with Gasteiger partial charge < -0.3 is 5.11 Å². The highest BCUT2D eigenvalue weighted by Crippen LogP contribution is 2.27. The fraction of sp³-hybridized carbons (Fsp3) is 0.600. The highest BCUT2D eigenvalue weighted by Gasteiger charge is 2.16. The van der Waals surface area contributed by atoms with E-state index in [0.717, 1.165) is 37.8 Å². The lowest BCUT2D eigenvalue weighted by atomic mass is 9.90. The van der Waals surface area contributed by atoms with Crippen molar-refractivity contribution in [2.75, 3.05) is 0 Å². The first-order chi connectivity index (χ1) is 8.58. The number of aliphatic hydroxyl groups excluding tert-OH is 1. The summed E-state index contributed by atoms with van der Waals surface area (Å²) >= 11 is 0. The van der Waals surface area contributed by atoms with Gasteiger partial charge in [-0.1, -0.05) is 45.6 Å². The smallest absolute Gasteiger partial charge is 0.159 e. The van der Waals surface area contributed by atoms with Gasteiger partial charge in [-0.3, -0.25) is 0 Å². The molecule has 102 valence electrons. The van der Waals surface area contributed by atoms with E-state index >= 15 is 0 Å². The summed E-state index contributed by atoms with van der Waals surface area (Å²) in [5, 5.41) is 10.0. The fourth-order valence-corrected chi connectivity index (χ4v) is 2.15. The Morgan fingerprint density at radius 3 is 2.44 bits per heavy atom. The average molecular weight is 256 g/mol. The molecule has 0 fully saturated rings. The summed E-state index contributed by atoms with van der Waals surface area (Å²) in [4.78, 5) is 0. The topological polar surface area (TPSA) is 20.2 Å². The van der Waals surface area contributed by atoms with E-state index in [4.69, 9.17) is 0 Å². The molecule has 0 radical (unpaired) electrons. The molecule has 1 aromatic carbocycles. The molecule has 0 aliphatic carbocycles. The molecule has 0 bridgehead atoms. The fourth-order valence-electron chi connectivity index (χ4n) is 2.15. The van der Waals surface area contributed by atoms with Gasteiger partial charge in [0.2, 0.25) is 0 Å². The van der Waals surface area contributed by atoms with Gasteiger partial charge in [0.25, 0.3) is 0 Å². The minimum absolute atomic E-state index is 0.438. The third-order valence-corrected chi connectivity index (χ3v) is 3.43. The molecule has 3 heteroatoms. The largest absolute Gasteiger partial charge is 0.388 e. The monoisotopic (exact) mass is 256 g/mol. The normalized spacial score (nSPS) is 14.5. The van der Waals surface area contributed by atoms with Crippen LogP contribution in [0.15, 0.2) is 18.2 Å². The van der Waals surface area contributed by atoms with Crippen molar-refractivity contribution in [1.82, 2.24) is 0 Å². The van der Waals surface area contributed by atoms with Gasteiger partial charge in [0.15, 0.2) is 11.6 Å². The Labute approximate surface area is 108 Å². The number of hydrogen-bond donors (Lipinski definition) is 1. The van der Waals surface area contributed by atoms with Crippen molar-refractivity contribution in [2.24, 2.45) is 5.92 Å². The third-order valence-electron chi connectivity index (χ3n) is 3.43. The lowest BCUT2D eigenvalue weighted by molar-refractivity contribution is 0.138. The van der Waals surface area contributed by atoms with Crippen LogP contribution in [0.25, 0.3) is 0 Å².